The lowest BCUT2D eigenvalue weighted by Gasteiger charge is -2.04. The van der Waals surface area contributed by atoms with E-state index in [0.717, 1.165) is 16.0 Å². The third-order valence-corrected chi connectivity index (χ3v) is 6.03. The highest BCUT2D eigenvalue weighted by Crippen LogP contribution is 2.35. The molecule has 0 radical (unpaired) electrons. The summed E-state index contributed by atoms with van der Waals surface area (Å²) >= 11 is 2.69. The summed E-state index contributed by atoms with van der Waals surface area (Å²) in [6.07, 6.45) is 1.56. The number of thioether (sulfide) groups is 1. The Morgan fingerprint density at radius 1 is 1.25 bits per heavy atom. The molecular weight excluding hydrogens is 394 g/mol. The maximum Gasteiger partial charge on any atom is 0.260 e. The first-order valence-corrected chi connectivity index (χ1v) is 10.4. The van der Waals surface area contributed by atoms with Gasteiger partial charge in [-0.1, -0.05) is 42.1 Å². The number of rotatable bonds is 6. The van der Waals surface area contributed by atoms with E-state index in [9.17, 15) is 9.59 Å². The number of carbonyl (C=O) groups excluding carboxylic acids is 1. The maximum atomic E-state index is 12.7. The Labute approximate surface area is 169 Å². The number of nitrogens with one attached hydrogen (secondary N) is 2. The number of fused-ring (bicyclic) bond motifs is 1. The molecule has 0 aliphatic rings. The van der Waals surface area contributed by atoms with E-state index in [1.807, 2.05) is 37.3 Å². The van der Waals surface area contributed by atoms with Crippen molar-refractivity contribution in [1.82, 2.24) is 15.3 Å². The Hall–Kier alpha value is -2.84. The largest absolute Gasteiger partial charge is 0.467 e. The van der Waals surface area contributed by atoms with Crippen molar-refractivity contribution < 1.29 is 9.21 Å². The summed E-state index contributed by atoms with van der Waals surface area (Å²) in [7, 11) is 0. The number of aryl methyl sites for hydroxylation is 1. The summed E-state index contributed by atoms with van der Waals surface area (Å²) in [6.45, 7) is 2.32. The van der Waals surface area contributed by atoms with Gasteiger partial charge in [0.25, 0.3) is 5.56 Å². The normalized spacial score (nSPS) is 11.0. The lowest BCUT2D eigenvalue weighted by Crippen LogP contribution is -2.24. The van der Waals surface area contributed by atoms with Gasteiger partial charge in [-0.25, -0.2) is 4.98 Å². The van der Waals surface area contributed by atoms with Crippen LogP contribution in [0.1, 0.15) is 10.6 Å². The second-order valence-electron chi connectivity index (χ2n) is 6.10. The number of amides is 1. The molecule has 0 spiro atoms. The average Bonchev–Trinajstić information content (AvgIpc) is 3.32. The fourth-order valence-corrected chi connectivity index (χ4v) is 4.70. The van der Waals surface area contributed by atoms with Crippen molar-refractivity contribution in [3.8, 4) is 11.1 Å². The zero-order valence-electron chi connectivity index (χ0n) is 15.0. The predicted molar refractivity (Wildman–Crippen MR) is 112 cm³/mol. The summed E-state index contributed by atoms with van der Waals surface area (Å²) in [5.74, 6) is 0.690. The highest BCUT2D eigenvalue weighted by Gasteiger charge is 2.17. The van der Waals surface area contributed by atoms with Gasteiger partial charge in [-0.05, 0) is 24.6 Å². The van der Waals surface area contributed by atoms with Crippen molar-refractivity contribution in [2.24, 2.45) is 0 Å². The summed E-state index contributed by atoms with van der Waals surface area (Å²) < 4.78 is 5.18. The minimum Gasteiger partial charge on any atom is -0.467 e. The van der Waals surface area contributed by atoms with E-state index in [4.69, 9.17) is 4.42 Å². The molecule has 8 heteroatoms. The summed E-state index contributed by atoms with van der Waals surface area (Å²) in [4.78, 5) is 33.8. The SMILES string of the molecule is Cc1sc2nc(SCC(=O)NCc3ccco3)[nH]c(=O)c2c1-c1ccccc1. The molecule has 4 rings (SSSR count). The van der Waals surface area contributed by atoms with E-state index in [-0.39, 0.29) is 17.2 Å². The Bertz CT molecular complexity index is 1160. The fourth-order valence-electron chi connectivity index (χ4n) is 2.90. The molecule has 1 amide bonds. The Morgan fingerprint density at radius 3 is 2.82 bits per heavy atom. The minimum atomic E-state index is -0.188. The van der Waals surface area contributed by atoms with E-state index >= 15 is 0 Å². The predicted octanol–water partition coefficient (Wildman–Crippen LogP) is 3.96. The summed E-state index contributed by atoms with van der Waals surface area (Å²) in [5.41, 5.74) is 1.73. The van der Waals surface area contributed by atoms with Crippen molar-refractivity contribution in [2.45, 2.75) is 18.6 Å². The van der Waals surface area contributed by atoms with Crippen molar-refractivity contribution in [1.29, 1.82) is 0 Å². The van der Waals surface area contributed by atoms with Crippen LogP contribution >= 0.6 is 23.1 Å². The number of thiophene rings is 1. The zero-order chi connectivity index (χ0) is 19.5. The van der Waals surface area contributed by atoms with E-state index in [0.29, 0.717) is 27.7 Å². The Morgan fingerprint density at radius 2 is 2.07 bits per heavy atom. The van der Waals surface area contributed by atoms with Gasteiger partial charge in [-0.15, -0.1) is 11.3 Å². The van der Waals surface area contributed by atoms with Gasteiger partial charge in [-0.3, -0.25) is 9.59 Å². The number of aromatic nitrogens is 2. The molecule has 1 aromatic carbocycles. The summed E-state index contributed by atoms with van der Waals surface area (Å²) in [5, 5.41) is 3.81. The molecule has 0 saturated heterocycles. The second-order valence-corrected chi connectivity index (χ2v) is 8.26. The lowest BCUT2D eigenvalue weighted by molar-refractivity contribution is -0.118. The molecule has 28 heavy (non-hydrogen) atoms. The van der Waals surface area contributed by atoms with Gasteiger partial charge in [0.2, 0.25) is 5.91 Å². The third kappa shape index (κ3) is 3.88. The molecule has 0 saturated carbocycles. The molecular formula is C20H17N3O3S2. The maximum absolute atomic E-state index is 12.7. The van der Waals surface area contributed by atoms with Crippen molar-refractivity contribution in [3.63, 3.8) is 0 Å². The molecule has 0 fully saturated rings. The van der Waals surface area contributed by atoms with E-state index in [2.05, 4.69) is 15.3 Å². The molecule has 2 N–H and O–H groups in total. The molecule has 142 valence electrons. The third-order valence-electron chi connectivity index (χ3n) is 4.16. The smallest absolute Gasteiger partial charge is 0.260 e. The average molecular weight is 412 g/mol. The molecule has 4 aromatic rings. The first-order valence-electron chi connectivity index (χ1n) is 8.62. The topological polar surface area (TPSA) is 88.0 Å². The van der Waals surface area contributed by atoms with E-state index in [1.165, 1.54) is 23.1 Å². The fraction of sp³-hybridized carbons (Fsp3) is 0.150. The number of furan rings is 1. The molecule has 0 atom stereocenters. The molecule has 0 aliphatic heterocycles. The van der Waals surface area contributed by atoms with Gasteiger partial charge < -0.3 is 14.7 Å². The van der Waals surface area contributed by atoms with Gasteiger partial charge in [0.1, 0.15) is 10.6 Å². The monoisotopic (exact) mass is 411 g/mol. The molecule has 6 nitrogen and oxygen atoms in total. The molecule has 3 aromatic heterocycles. The lowest BCUT2D eigenvalue weighted by atomic mass is 10.0. The molecule has 0 unspecified atom stereocenters. The molecule has 0 aliphatic carbocycles. The highest BCUT2D eigenvalue weighted by atomic mass is 32.2. The van der Waals surface area contributed by atoms with Gasteiger partial charge in [0.15, 0.2) is 5.16 Å². The van der Waals surface area contributed by atoms with Crippen LogP contribution < -0.4 is 10.9 Å². The van der Waals surface area contributed by atoms with Crippen LogP contribution in [-0.4, -0.2) is 21.6 Å². The van der Waals surface area contributed by atoms with Gasteiger partial charge >= 0.3 is 0 Å². The van der Waals surface area contributed by atoms with Crippen molar-refractivity contribution in [3.05, 3.63) is 69.7 Å². The Kier molecular flexibility index (Phi) is 5.31. The number of benzene rings is 1. The number of hydrogen-bond acceptors (Lipinski definition) is 6. The van der Waals surface area contributed by atoms with Crippen molar-refractivity contribution >= 4 is 39.2 Å². The van der Waals surface area contributed by atoms with Gasteiger partial charge in [0, 0.05) is 10.4 Å². The summed E-state index contributed by atoms with van der Waals surface area (Å²) in [6, 6.07) is 13.4. The quantitative estimate of drug-likeness (QED) is 0.370. The van der Waals surface area contributed by atoms with Crippen LogP contribution in [-0.2, 0) is 11.3 Å². The first kappa shape index (κ1) is 18.5. The standard InChI is InChI=1S/C20H17N3O3S2/c1-12-16(13-6-3-2-4-7-13)17-18(25)22-20(23-19(17)28-12)27-11-15(24)21-10-14-8-5-9-26-14/h2-9H,10-11H2,1H3,(H,21,24)(H,22,23,25). The van der Waals surface area contributed by atoms with Gasteiger partial charge in [0.05, 0.1) is 23.9 Å². The van der Waals surface area contributed by atoms with Gasteiger partial charge in [-0.2, -0.15) is 0 Å². The van der Waals surface area contributed by atoms with Crippen LogP contribution in [0.4, 0.5) is 0 Å². The van der Waals surface area contributed by atoms with Crippen LogP contribution in [0.25, 0.3) is 21.3 Å². The van der Waals surface area contributed by atoms with Crippen molar-refractivity contribution in [2.75, 3.05) is 5.75 Å². The zero-order valence-corrected chi connectivity index (χ0v) is 16.7. The van der Waals surface area contributed by atoms with E-state index < -0.39 is 0 Å². The highest BCUT2D eigenvalue weighted by molar-refractivity contribution is 7.99. The number of carbonyl (C=O) groups is 1. The van der Waals surface area contributed by atoms with Crippen LogP contribution in [0.3, 0.4) is 0 Å². The number of H-pyrrole nitrogens is 1. The number of hydrogen-bond donors (Lipinski definition) is 2. The second kappa shape index (κ2) is 8.04. The number of nitrogens with zero attached hydrogens (tertiary/aromatic N) is 1. The molecule has 0 bridgehead atoms. The Balaban J connectivity index is 1.52. The van der Waals surface area contributed by atoms with Crippen LogP contribution in [0.15, 0.2) is 63.1 Å². The molecule has 3 heterocycles. The van der Waals surface area contributed by atoms with Crippen LogP contribution in [0.5, 0.6) is 0 Å². The van der Waals surface area contributed by atoms with Crippen LogP contribution in [0, 0.1) is 6.92 Å². The first-order chi connectivity index (χ1) is 13.6. The van der Waals surface area contributed by atoms with Crippen LogP contribution in [0.2, 0.25) is 0 Å². The minimum absolute atomic E-state index is 0.156. The van der Waals surface area contributed by atoms with E-state index in [1.54, 1.807) is 18.4 Å². The number of aromatic amines is 1.